The largest absolute Gasteiger partial charge is 0.484 e. The molecule has 28 heavy (non-hydrogen) atoms. The Morgan fingerprint density at radius 2 is 2.07 bits per heavy atom. The highest BCUT2D eigenvalue weighted by Crippen LogP contribution is 2.37. The number of hydrogen-bond donors (Lipinski definition) is 0. The van der Waals surface area contributed by atoms with Crippen LogP contribution in [0.5, 0.6) is 5.75 Å². The Balaban J connectivity index is 1.53. The van der Waals surface area contributed by atoms with Crippen LogP contribution in [0.1, 0.15) is 18.9 Å². The van der Waals surface area contributed by atoms with E-state index in [1.54, 1.807) is 28.8 Å². The fourth-order valence-electron chi connectivity index (χ4n) is 3.36. The van der Waals surface area contributed by atoms with Crippen molar-refractivity contribution in [3.05, 3.63) is 64.5 Å². The van der Waals surface area contributed by atoms with E-state index in [1.165, 1.54) is 6.07 Å². The Hall–Kier alpha value is -2.73. The Bertz CT molecular complexity index is 1090. The van der Waals surface area contributed by atoms with E-state index >= 15 is 0 Å². The van der Waals surface area contributed by atoms with Crippen LogP contribution in [0.3, 0.4) is 0 Å². The van der Waals surface area contributed by atoms with Crippen LogP contribution in [-0.4, -0.2) is 24.3 Å². The van der Waals surface area contributed by atoms with E-state index in [4.69, 9.17) is 9.15 Å². The molecule has 5 nitrogen and oxygen atoms in total. The predicted molar refractivity (Wildman–Crippen MR) is 111 cm³/mol. The highest BCUT2D eigenvalue weighted by Gasteiger charge is 2.24. The Labute approximate surface area is 167 Å². The molecule has 6 heteroatoms. The minimum atomic E-state index is -0.397. The lowest BCUT2D eigenvalue weighted by Gasteiger charge is -2.22. The molecule has 1 aliphatic heterocycles. The molecule has 2 heterocycles. The van der Waals surface area contributed by atoms with Gasteiger partial charge in [-0.3, -0.25) is 4.79 Å². The summed E-state index contributed by atoms with van der Waals surface area (Å²) in [5.41, 5.74) is 1.85. The second-order valence-corrected chi connectivity index (χ2v) is 8.41. The van der Waals surface area contributed by atoms with Gasteiger partial charge in [-0.15, -0.1) is 11.8 Å². The van der Waals surface area contributed by atoms with Crippen LogP contribution >= 0.6 is 11.8 Å². The first-order valence-corrected chi connectivity index (χ1v) is 10.1. The van der Waals surface area contributed by atoms with E-state index in [1.807, 2.05) is 31.2 Å². The molecule has 0 aliphatic carbocycles. The van der Waals surface area contributed by atoms with Crippen molar-refractivity contribution in [3.8, 4) is 5.75 Å². The zero-order chi connectivity index (χ0) is 19.7. The third-order valence-corrected chi connectivity index (χ3v) is 6.07. The molecule has 0 fully saturated rings. The molecule has 1 aromatic heterocycles. The van der Waals surface area contributed by atoms with Gasteiger partial charge in [0, 0.05) is 34.2 Å². The number of hydrogen-bond acceptors (Lipinski definition) is 5. The Morgan fingerprint density at radius 1 is 1.25 bits per heavy atom. The van der Waals surface area contributed by atoms with Crippen molar-refractivity contribution in [2.24, 2.45) is 0 Å². The number of benzene rings is 2. The van der Waals surface area contributed by atoms with E-state index in [0.29, 0.717) is 23.1 Å². The highest BCUT2D eigenvalue weighted by atomic mass is 32.2. The first-order chi connectivity index (χ1) is 13.5. The van der Waals surface area contributed by atoms with Gasteiger partial charge in [-0.1, -0.05) is 19.1 Å². The monoisotopic (exact) mass is 395 g/mol. The van der Waals surface area contributed by atoms with Gasteiger partial charge in [0.25, 0.3) is 5.91 Å². The third kappa shape index (κ3) is 3.78. The third-order valence-electron chi connectivity index (χ3n) is 4.83. The average molecular weight is 395 g/mol. The van der Waals surface area contributed by atoms with Gasteiger partial charge in [0.2, 0.25) is 0 Å². The zero-order valence-corrected chi connectivity index (χ0v) is 16.6. The van der Waals surface area contributed by atoms with Gasteiger partial charge in [0.05, 0.1) is 5.69 Å². The zero-order valence-electron chi connectivity index (χ0n) is 15.8. The fraction of sp³-hybridized carbons (Fsp3) is 0.273. The molecule has 2 aromatic carbocycles. The summed E-state index contributed by atoms with van der Waals surface area (Å²) in [7, 11) is 0. The molecule has 0 saturated carbocycles. The van der Waals surface area contributed by atoms with Crippen LogP contribution in [0.15, 0.2) is 62.6 Å². The van der Waals surface area contributed by atoms with Crippen molar-refractivity contribution in [3.63, 3.8) is 0 Å². The van der Waals surface area contributed by atoms with Crippen LogP contribution < -0.4 is 15.3 Å². The van der Waals surface area contributed by atoms with Crippen LogP contribution in [0.25, 0.3) is 11.0 Å². The second kappa shape index (κ2) is 7.72. The maximum atomic E-state index is 12.9. The minimum absolute atomic E-state index is 0.0745. The first kappa shape index (κ1) is 18.6. The summed E-state index contributed by atoms with van der Waals surface area (Å²) < 4.78 is 11.0. The smallest absolute Gasteiger partial charge is 0.336 e. The second-order valence-electron chi connectivity index (χ2n) is 6.93. The number of anilines is 1. The number of nitrogens with zero attached hydrogens (tertiary/aromatic N) is 1. The summed E-state index contributed by atoms with van der Waals surface area (Å²) >= 11 is 1.80. The summed E-state index contributed by atoms with van der Waals surface area (Å²) in [5.74, 6) is 0.411. The first-order valence-electron chi connectivity index (χ1n) is 9.24. The topological polar surface area (TPSA) is 59.8 Å². The van der Waals surface area contributed by atoms with E-state index in [-0.39, 0.29) is 12.5 Å². The molecular formula is C22H21NO4S. The van der Waals surface area contributed by atoms with Crippen molar-refractivity contribution >= 4 is 34.3 Å². The van der Waals surface area contributed by atoms with Gasteiger partial charge in [0.1, 0.15) is 11.3 Å². The fourth-order valence-corrected chi connectivity index (χ4v) is 4.48. The summed E-state index contributed by atoms with van der Waals surface area (Å²) in [6, 6.07) is 14.7. The van der Waals surface area contributed by atoms with Crippen LogP contribution in [0.2, 0.25) is 0 Å². The maximum Gasteiger partial charge on any atom is 0.336 e. The Morgan fingerprint density at radius 3 is 2.93 bits per heavy atom. The van der Waals surface area contributed by atoms with E-state index in [9.17, 15) is 9.59 Å². The number of amides is 1. The molecule has 0 saturated heterocycles. The normalized spacial score (nSPS) is 16.5. The van der Waals surface area contributed by atoms with E-state index in [2.05, 4.69) is 13.0 Å². The van der Waals surface area contributed by atoms with Gasteiger partial charge in [-0.2, -0.15) is 0 Å². The highest BCUT2D eigenvalue weighted by molar-refractivity contribution is 8.00. The van der Waals surface area contributed by atoms with Crippen molar-refractivity contribution in [1.82, 2.24) is 0 Å². The Kier molecular flexibility index (Phi) is 5.13. The van der Waals surface area contributed by atoms with Gasteiger partial charge >= 0.3 is 5.63 Å². The standard InChI is InChI=1S/C22H21NO4S/c1-14-11-22(25)27-19-12-16(7-8-17(14)19)26-13-21(24)23-10-9-15(2)28-20-6-4-3-5-18(20)23/h3-8,11-12,15H,9-10,13H2,1-2H3/t15-/m1/s1. The molecule has 1 atom stereocenters. The molecule has 4 rings (SSSR count). The number of ether oxygens (including phenoxy) is 1. The number of carbonyl (C=O) groups excluding carboxylic acids is 1. The van der Waals surface area contributed by atoms with Gasteiger partial charge in [-0.25, -0.2) is 4.79 Å². The number of carbonyl (C=O) groups is 1. The summed E-state index contributed by atoms with van der Waals surface area (Å²) in [5, 5.41) is 1.30. The summed E-state index contributed by atoms with van der Waals surface area (Å²) in [4.78, 5) is 27.4. The minimum Gasteiger partial charge on any atom is -0.484 e. The van der Waals surface area contributed by atoms with Crippen LogP contribution in [0, 0.1) is 6.92 Å². The van der Waals surface area contributed by atoms with Crippen LogP contribution in [-0.2, 0) is 4.79 Å². The molecule has 0 radical (unpaired) electrons. The van der Waals surface area contributed by atoms with Gasteiger partial charge in [-0.05, 0) is 43.2 Å². The van der Waals surface area contributed by atoms with Crippen molar-refractivity contribution < 1.29 is 13.9 Å². The summed E-state index contributed by atoms with van der Waals surface area (Å²) in [6.45, 7) is 4.63. The molecule has 0 bridgehead atoms. The molecular weight excluding hydrogens is 374 g/mol. The van der Waals surface area contributed by atoms with Crippen molar-refractivity contribution in [1.29, 1.82) is 0 Å². The number of para-hydroxylation sites is 1. The lowest BCUT2D eigenvalue weighted by Crippen LogP contribution is -2.36. The van der Waals surface area contributed by atoms with Crippen molar-refractivity contribution in [2.45, 2.75) is 30.4 Å². The SMILES string of the molecule is Cc1cc(=O)oc2cc(OCC(=O)N3CC[C@@H](C)Sc4ccccc43)ccc12. The van der Waals surface area contributed by atoms with Crippen LogP contribution in [0.4, 0.5) is 5.69 Å². The average Bonchev–Trinajstić information content (AvgIpc) is 2.84. The quantitative estimate of drug-likeness (QED) is 0.615. The lowest BCUT2D eigenvalue weighted by molar-refractivity contribution is -0.120. The molecule has 0 unspecified atom stereocenters. The lowest BCUT2D eigenvalue weighted by atomic mass is 10.1. The van der Waals surface area contributed by atoms with Gasteiger partial charge in [0.15, 0.2) is 6.61 Å². The van der Waals surface area contributed by atoms with Crippen molar-refractivity contribution in [2.75, 3.05) is 18.1 Å². The molecule has 1 aliphatic rings. The molecule has 0 N–H and O–H groups in total. The van der Waals surface area contributed by atoms with Gasteiger partial charge < -0.3 is 14.1 Å². The number of fused-ring (bicyclic) bond motifs is 2. The molecule has 3 aromatic rings. The number of thioether (sulfide) groups is 1. The summed E-state index contributed by atoms with van der Waals surface area (Å²) in [6.07, 6.45) is 0.922. The van der Waals surface area contributed by atoms with E-state index in [0.717, 1.165) is 28.0 Å². The molecule has 144 valence electrons. The number of rotatable bonds is 3. The number of aryl methyl sites for hydroxylation is 1. The van der Waals surface area contributed by atoms with E-state index < -0.39 is 5.63 Å². The molecule has 0 spiro atoms. The molecule has 1 amide bonds. The predicted octanol–water partition coefficient (Wildman–Crippen LogP) is 4.40. The maximum absolute atomic E-state index is 12.9.